The average molecular weight is 264 g/mol. The summed E-state index contributed by atoms with van der Waals surface area (Å²) in [6, 6.07) is 0. The highest BCUT2D eigenvalue weighted by Crippen LogP contribution is 2.28. The first-order valence-corrected chi connectivity index (χ1v) is 4.89. The summed E-state index contributed by atoms with van der Waals surface area (Å²) < 4.78 is 40.0. The summed E-state index contributed by atoms with van der Waals surface area (Å²) in [6.07, 6.45) is -4.38. The number of halogens is 3. The summed E-state index contributed by atoms with van der Waals surface area (Å²) >= 11 is 0. The number of rotatable bonds is 4. The minimum absolute atomic E-state index is 0.115. The number of hydrogen-bond acceptors (Lipinski definition) is 4. The molecule has 0 unspecified atom stereocenters. The van der Waals surface area contributed by atoms with E-state index in [2.05, 4.69) is 9.72 Å². The van der Waals surface area contributed by atoms with Crippen LogP contribution in [-0.4, -0.2) is 22.4 Å². The molecule has 0 amide bonds. The molecule has 18 heavy (non-hydrogen) atoms. The number of aliphatic carboxylic acids is 1. The Morgan fingerprint density at radius 3 is 2.61 bits per heavy atom. The predicted octanol–water partition coefficient (Wildman–Crippen LogP) is 1.37. The van der Waals surface area contributed by atoms with Crippen LogP contribution in [0.15, 0.2) is 6.20 Å². The molecule has 1 rings (SSSR count). The number of carboxylic acid groups (broad SMARTS) is 1. The van der Waals surface area contributed by atoms with Crippen LogP contribution < -0.4 is 10.5 Å². The van der Waals surface area contributed by atoms with Crippen LogP contribution in [-0.2, 0) is 17.8 Å². The first-order valence-electron chi connectivity index (χ1n) is 4.89. The lowest BCUT2D eigenvalue weighted by Gasteiger charge is -2.15. The molecule has 0 aliphatic carbocycles. The van der Waals surface area contributed by atoms with Crippen molar-refractivity contribution in [3.63, 3.8) is 0 Å². The van der Waals surface area contributed by atoms with Crippen molar-refractivity contribution in [2.24, 2.45) is 5.73 Å². The first kappa shape index (κ1) is 14.2. The first-order chi connectivity index (χ1) is 8.24. The lowest BCUT2D eigenvalue weighted by molar-refractivity contribution is -0.275. The van der Waals surface area contributed by atoms with E-state index in [1.165, 1.54) is 6.92 Å². The second-order valence-electron chi connectivity index (χ2n) is 3.50. The Labute approximate surface area is 100 Å². The molecule has 0 aromatic carbocycles. The van der Waals surface area contributed by atoms with E-state index >= 15 is 0 Å². The maximum Gasteiger partial charge on any atom is 0.573 e. The number of alkyl halides is 3. The summed E-state index contributed by atoms with van der Waals surface area (Å²) in [6.45, 7) is 1.26. The van der Waals surface area contributed by atoms with E-state index < -0.39 is 24.5 Å². The van der Waals surface area contributed by atoms with Gasteiger partial charge in [0.15, 0.2) is 5.75 Å². The molecular weight excluding hydrogens is 253 g/mol. The van der Waals surface area contributed by atoms with Crippen molar-refractivity contribution >= 4 is 5.97 Å². The van der Waals surface area contributed by atoms with Crippen LogP contribution in [0.1, 0.15) is 16.8 Å². The number of nitrogens with zero attached hydrogens (tertiary/aromatic N) is 1. The molecule has 8 heteroatoms. The zero-order chi connectivity index (χ0) is 13.9. The molecule has 0 saturated carbocycles. The topological polar surface area (TPSA) is 85.4 Å². The highest BCUT2D eigenvalue weighted by molar-refractivity contribution is 5.70. The number of carboxylic acids is 1. The third-order valence-electron chi connectivity index (χ3n) is 2.26. The second-order valence-corrected chi connectivity index (χ2v) is 3.50. The zero-order valence-electron chi connectivity index (χ0n) is 9.41. The van der Waals surface area contributed by atoms with Crippen molar-refractivity contribution in [3.8, 4) is 5.75 Å². The van der Waals surface area contributed by atoms with Crippen LogP contribution in [0.2, 0.25) is 0 Å². The molecule has 0 radical (unpaired) electrons. The number of aromatic nitrogens is 1. The number of ether oxygens (including phenoxy) is 1. The summed E-state index contributed by atoms with van der Waals surface area (Å²) in [7, 11) is 0. The van der Waals surface area contributed by atoms with Gasteiger partial charge >= 0.3 is 12.3 Å². The largest absolute Gasteiger partial charge is 0.573 e. The van der Waals surface area contributed by atoms with Crippen molar-refractivity contribution in [2.45, 2.75) is 26.3 Å². The highest BCUT2D eigenvalue weighted by Gasteiger charge is 2.32. The molecule has 0 spiro atoms. The fourth-order valence-corrected chi connectivity index (χ4v) is 1.47. The van der Waals surface area contributed by atoms with Crippen LogP contribution >= 0.6 is 0 Å². The Hall–Kier alpha value is -1.83. The second kappa shape index (κ2) is 5.21. The lowest BCUT2D eigenvalue weighted by atomic mass is 10.0. The van der Waals surface area contributed by atoms with Gasteiger partial charge in [-0.05, 0) is 18.1 Å². The van der Waals surface area contributed by atoms with E-state index in [4.69, 9.17) is 10.8 Å². The third kappa shape index (κ3) is 3.59. The van der Waals surface area contributed by atoms with Gasteiger partial charge in [-0.25, -0.2) is 0 Å². The van der Waals surface area contributed by atoms with Crippen molar-refractivity contribution in [1.82, 2.24) is 4.98 Å². The Bertz CT molecular complexity index is 460. The van der Waals surface area contributed by atoms with Gasteiger partial charge in [-0.1, -0.05) is 0 Å². The van der Waals surface area contributed by atoms with Gasteiger partial charge in [-0.15, -0.1) is 13.2 Å². The Morgan fingerprint density at radius 1 is 1.56 bits per heavy atom. The van der Waals surface area contributed by atoms with Gasteiger partial charge in [0.25, 0.3) is 0 Å². The predicted molar refractivity (Wildman–Crippen MR) is 54.9 cm³/mol. The monoisotopic (exact) mass is 264 g/mol. The van der Waals surface area contributed by atoms with Gasteiger partial charge in [-0.2, -0.15) is 0 Å². The maximum atomic E-state index is 12.1. The molecular formula is C10H11F3N2O3. The molecule has 1 aromatic heterocycles. The molecule has 5 nitrogen and oxygen atoms in total. The fourth-order valence-electron chi connectivity index (χ4n) is 1.47. The van der Waals surface area contributed by atoms with Gasteiger partial charge in [0.2, 0.25) is 0 Å². The Kier molecular flexibility index (Phi) is 4.12. The van der Waals surface area contributed by atoms with Gasteiger partial charge < -0.3 is 15.6 Å². The minimum atomic E-state index is -4.83. The molecule has 0 saturated heterocycles. The number of hydrogen-bond donors (Lipinski definition) is 2. The van der Waals surface area contributed by atoms with Gasteiger partial charge in [0, 0.05) is 6.54 Å². The maximum absolute atomic E-state index is 12.1. The van der Waals surface area contributed by atoms with Crippen LogP contribution in [0.3, 0.4) is 0 Å². The normalized spacial score (nSPS) is 11.4. The summed E-state index contributed by atoms with van der Waals surface area (Å²) in [5, 5.41) is 8.64. The van der Waals surface area contributed by atoms with Crippen LogP contribution in [0.25, 0.3) is 0 Å². The number of carbonyl (C=O) groups is 1. The van der Waals surface area contributed by atoms with E-state index in [1.807, 2.05) is 0 Å². The van der Waals surface area contributed by atoms with Gasteiger partial charge in [-0.3, -0.25) is 9.78 Å². The smallest absolute Gasteiger partial charge is 0.481 e. The van der Waals surface area contributed by atoms with Crippen molar-refractivity contribution in [1.29, 1.82) is 0 Å². The standard InChI is InChI=1S/C10H11F3N2O3/c1-5-6(3-14)7(2-9(16)17)15-4-8(5)18-10(11,12)13/h4H,2-3,14H2,1H3,(H,16,17). The fraction of sp³-hybridized carbons (Fsp3) is 0.400. The highest BCUT2D eigenvalue weighted by atomic mass is 19.4. The van der Waals surface area contributed by atoms with Crippen molar-refractivity contribution in [3.05, 3.63) is 23.0 Å². The Morgan fingerprint density at radius 2 is 2.17 bits per heavy atom. The quantitative estimate of drug-likeness (QED) is 0.857. The molecule has 1 heterocycles. The molecule has 0 fully saturated rings. The molecule has 0 aliphatic rings. The number of nitrogens with two attached hydrogens (primary N) is 1. The zero-order valence-corrected chi connectivity index (χ0v) is 9.41. The molecule has 0 atom stereocenters. The Balaban J connectivity index is 3.15. The van der Waals surface area contributed by atoms with E-state index in [1.54, 1.807) is 0 Å². The van der Waals surface area contributed by atoms with E-state index in [0.29, 0.717) is 0 Å². The minimum Gasteiger partial charge on any atom is -0.481 e. The van der Waals surface area contributed by atoms with Crippen molar-refractivity contribution in [2.75, 3.05) is 0 Å². The summed E-state index contributed by atoms with van der Waals surface area (Å²) in [4.78, 5) is 14.2. The SMILES string of the molecule is Cc1c(OC(F)(F)F)cnc(CC(=O)O)c1CN. The molecule has 1 aromatic rings. The molecule has 0 aliphatic heterocycles. The summed E-state index contributed by atoms with van der Waals surface area (Å²) in [5.74, 6) is -1.61. The lowest BCUT2D eigenvalue weighted by Crippen LogP contribution is -2.19. The van der Waals surface area contributed by atoms with Crippen molar-refractivity contribution < 1.29 is 27.8 Å². The average Bonchev–Trinajstić information content (AvgIpc) is 2.20. The van der Waals surface area contributed by atoms with Crippen LogP contribution in [0.4, 0.5) is 13.2 Å². The third-order valence-corrected chi connectivity index (χ3v) is 2.26. The van der Waals surface area contributed by atoms with E-state index in [0.717, 1.165) is 6.20 Å². The number of pyridine rings is 1. The molecule has 0 bridgehead atoms. The van der Waals surface area contributed by atoms with E-state index in [-0.39, 0.29) is 23.4 Å². The summed E-state index contributed by atoms with van der Waals surface area (Å²) in [5.41, 5.74) is 5.92. The molecule has 100 valence electrons. The van der Waals surface area contributed by atoms with Crippen LogP contribution in [0, 0.1) is 6.92 Å². The van der Waals surface area contributed by atoms with Gasteiger partial charge in [0.05, 0.1) is 18.3 Å². The van der Waals surface area contributed by atoms with Crippen LogP contribution in [0.5, 0.6) is 5.75 Å². The van der Waals surface area contributed by atoms with Gasteiger partial charge in [0.1, 0.15) is 0 Å². The molecule has 3 N–H and O–H groups in total. The van der Waals surface area contributed by atoms with E-state index in [9.17, 15) is 18.0 Å².